The fourth-order valence-electron chi connectivity index (χ4n) is 2.94. The minimum atomic E-state index is -0.781. The second kappa shape index (κ2) is 6.22. The van der Waals surface area contributed by atoms with Gasteiger partial charge in [0.15, 0.2) is 5.82 Å². The number of benzene rings is 1. The molecule has 1 aromatic heterocycles. The van der Waals surface area contributed by atoms with Crippen LogP contribution in [0.2, 0.25) is 5.02 Å². The lowest BCUT2D eigenvalue weighted by Gasteiger charge is -2.24. The van der Waals surface area contributed by atoms with Crippen molar-refractivity contribution in [2.75, 3.05) is 18.2 Å². The summed E-state index contributed by atoms with van der Waals surface area (Å²) in [6.45, 7) is 0. The summed E-state index contributed by atoms with van der Waals surface area (Å²) in [5.74, 6) is 1.15. The van der Waals surface area contributed by atoms with E-state index in [1.54, 1.807) is 7.11 Å². The lowest BCUT2D eigenvalue weighted by atomic mass is 9.92. The van der Waals surface area contributed by atoms with E-state index in [0.29, 0.717) is 22.3 Å². The number of nitrogens with one attached hydrogen (secondary N) is 1. The summed E-state index contributed by atoms with van der Waals surface area (Å²) in [5.41, 5.74) is 6.36. The number of nitrogens with two attached hydrogens (primary N) is 1. The molecule has 0 amide bonds. The summed E-state index contributed by atoms with van der Waals surface area (Å²) in [5, 5.41) is 14.2. The van der Waals surface area contributed by atoms with E-state index in [9.17, 15) is 5.11 Å². The first kappa shape index (κ1) is 15.8. The van der Waals surface area contributed by atoms with Gasteiger partial charge in [0, 0.05) is 0 Å². The maximum Gasteiger partial charge on any atom is 0.222 e. The molecule has 0 radical (unpaired) electrons. The maximum atomic E-state index is 10.8. The zero-order valence-corrected chi connectivity index (χ0v) is 13.6. The van der Waals surface area contributed by atoms with Crippen LogP contribution in [0.1, 0.15) is 31.2 Å². The van der Waals surface area contributed by atoms with Crippen LogP contribution in [0, 0.1) is 0 Å². The average molecular weight is 335 g/mol. The third-order valence-corrected chi connectivity index (χ3v) is 4.46. The molecule has 0 bridgehead atoms. The molecule has 1 aliphatic carbocycles. The van der Waals surface area contributed by atoms with Crippen molar-refractivity contribution in [3.8, 4) is 5.75 Å². The molecular weight excluding hydrogens is 316 g/mol. The summed E-state index contributed by atoms with van der Waals surface area (Å²) in [6, 6.07) is 5.59. The SMILES string of the molecule is COc1ccc(C2(O)CCCC2)cc1Nc1nc(N)ncc1Cl. The van der Waals surface area contributed by atoms with Gasteiger partial charge in [-0.3, -0.25) is 0 Å². The van der Waals surface area contributed by atoms with Gasteiger partial charge in [-0.15, -0.1) is 0 Å². The standard InChI is InChI=1S/C16H19ClN4O2/c1-23-13-5-4-10(16(22)6-2-3-7-16)8-12(13)20-14-11(17)9-19-15(18)21-14/h4-5,8-9,22H,2-3,6-7H2,1H3,(H3,18,19,20,21). The Labute approximate surface area is 139 Å². The summed E-state index contributed by atoms with van der Waals surface area (Å²) in [4.78, 5) is 7.93. The minimum absolute atomic E-state index is 0.126. The number of rotatable bonds is 4. The molecule has 7 heteroatoms. The Bertz CT molecular complexity index is 717. The lowest BCUT2D eigenvalue weighted by molar-refractivity contribution is 0.0445. The van der Waals surface area contributed by atoms with Crippen LogP contribution in [-0.2, 0) is 5.60 Å². The van der Waals surface area contributed by atoms with Crippen LogP contribution in [0.5, 0.6) is 5.75 Å². The number of anilines is 3. The molecule has 1 fully saturated rings. The van der Waals surface area contributed by atoms with Crippen molar-refractivity contribution in [1.29, 1.82) is 0 Å². The van der Waals surface area contributed by atoms with Gasteiger partial charge in [-0.25, -0.2) is 4.98 Å². The zero-order valence-electron chi connectivity index (χ0n) is 12.8. The Morgan fingerprint density at radius 3 is 2.78 bits per heavy atom. The fourth-order valence-corrected chi connectivity index (χ4v) is 3.08. The van der Waals surface area contributed by atoms with Crippen LogP contribution in [0.25, 0.3) is 0 Å². The first-order chi connectivity index (χ1) is 11.0. The number of aliphatic hydroxyl groups is 1. The molecule has 0 atom stereocenters. The lowest BCUT2D eigenvalue weighted by Crippen LogP contribution is -2.21. The Morgan fingerprint density at radius 2 is 2.09 bits per heavy atom. The number of aromatic nitrogens is 2. The highest BCUT2D eigenvalue weighted by Gasteiger charge is 2.33. The predicted molar refractivity (Wildman–Crippen MR) is 90.1 cm³/mol. The van der Waals surface area contributed by atoms with Crippen molar-refractivity contribution in [3.05, 3.63) is 35.0 Å². The van der Waals surface area contributed by atoms with Gasteiger partial charge in [0.2, 0.25) is 5.95 Å². The molecule has 1 aromatic carbocycles. The number of hydrogen-bond acceptors (Lipinski definition) is 6. The smallest absolute Gasteiger partial charge is 0.222 e. The van der Waals surface area contributed by atoms with Crippen LogP contribution >= 0.6 is 11.6 Å². The second-order valence-electron chi connectivity index (χ2n) is 5.70. The molecular formula is C16H19ClN4O2. The normalized spacial score (nSPS) is 16.3. The summed E-state index contributed by atoms with van der Waals surface area (Å²) in [7, 11) is 1.58. The third-order valence-electron chi connectivity index (χ3n) is 4.18. The molecule has 122 valence electrons. The van der Waals surface area contributed by atoms with E-state index in [-0.39, 0.29) is 5.95 Å². The van der Waals surface area contributed by atoms with Gasteiger partial charge in [-0.1, -0.05) is 30.5 Å². The van der Waals surface area contributed by atoms with Crippen LogP contribution in [0.3, 0.4) is 0 Å². The number of ether oxygens (including phenoxy) is 1. The van der Waals surface area contributed by atoms with E-state index in [0.717, 1.165) is 31.2 Å². The predicted octanol–water partition coefficient (Wildman–Crippen LogP) is 3.23. The first-order valence-electron chi connectivity index (χ1n) is 7.48. The van der Waals surface area contributed by atoms with Crippen molar-refractivity contribution in [1.82, 2.24) is 9.97 Å². The van der Waals surface area contributed by atoms with Crippen molar-refractivity contribution < 1.29 is 9.84 Å². The second-order valence-corrected chi connectivity index (χ2v) is 6.11. The maximum absolute atomic E-state index is 10.8. The number of halogens is 1. The highest BCUT2D eigenvalue weighted by Crippen LogP contribution is 2.41. The molecule has 0 aliphatic heterocycles. The Morgan fingerprint density at radius 1 is 1.35 bits per heavy atom. The number of nitrogens with zero attached hydrogens (tertiary/aromatic N) is 2. The topological polar surface area (TPSA) is 93.3 Å². The summed E-state index contributed by atoms with van der Waals surface area (Å²) in [6.07, 6.45) is 5.02. The van der Waals surface area contributed by atoms with Gasteiger partial charge < -0.3 is 20.9 Å². The highest BCUT2D eigenvalue weighted by molar-refractivity contribution is 6.32. The summed E-state index contributed by atoms with van der Waals surface area (Å²) < 4.78 is 5.38. The monoisotopic (exact) mass is 334 g/mol. The van der Waals surface area contributed by atoms with E-state index in [2.05, 4.69) is 15.3 Å². The van der Waals surface area contributed by atoms with Gasteiger partial charge in [-0.2, -0.15) is 4.98 Å². The van der Waals surface area contributed by atoms with Crippen molar-refractivity contribution in [2.24, 2.45) is 0 Å². The number of hydrogen-bond donors (Lipinski definition) is 3. The largest absolute Gasteiger partial charge is 0.495 e. The van der Waals surface area contributed by atoms with Crippen molar-refractivity contribution in [3.63, 3.8) is 0 Å². The van der Waals surface area contributed by atoms with E-state index in [4.69, 9.17) is 22.1 Å². The Balaban J connectivity index is 1.98. The van der Waals surface area contributed by atoms with Crippen molar-refractivity contribution in [2.45, 2.75) is 31.3 Å². The highest BCUT2D eigenvalue weighted by atomic mass is 35.5. The van der Waals surface area contributed by atoms with Crippen LogP contribution in [0.4, 0.5) is 17.5 Å². The summed E-state index contributed by atoms with van der Waals surface area (Å²) >= 11 is 6.10. The molecule has 23 heavy (non-hydrogen) atoms. The van der Waals surface area contributed by atoms with E-state index < -0.39 is 5.60 Å². The van der Waals surface area contributed by atoms with Crippen LogP contribution in [-0.4, -0.2) is 22.2 Å². The molecule has 6 nitrogen and oxygen atoms in total. The van der Waals surface area contributed by atoms with Gasteiger partial charge in [0.1, 0.15) is 10.8 Å². The van der Waals surface area contributed by atoms with Crippen molar-refractivity contribution >= 4 is 29.1 Å². The molecule has 1 heterocycles. The molecule has 0 spiro atoms. The molecule has 1 aliphatic rings. The zero-order chi connectivity index (χ0) is 16.4. The van der Waals surface area contributed by atoms with Gasteiger partial charge in [0.25, 0.3) is 0 Å². The Kier molecular flexibility index (Phi) is 4.28. The van der Waals surface area contributed by atoms with Gasteiger partial charge >= 0.3 is 0 Å². The Hall–Kier alpha value is -2.05. The molecule has 3 rings (SSSR count). The third kappa shape index (κ3) is 3.18. The average Bonchev–Trinajstić information content (AvgIpc) is 2.99. The van der Waals surface area contributed by atoms with E-state index >= 15 is 0 Å². The quantitative estimate of drug-likeness (QED) is 0.794. The molecule has 2 aromatic rings. The van der Waals surface area contributed by atoms with Gasteiger partial charge in [-0.05, 0) is 30.5 Å². The molecule has 0 unspecified atom stereocenters. The van der Waals surface area contributed by atoms with E-state index in [1.807, 2.05) is 18.2 Å². The molecule has 0 saturated heterocycles. The number of methoxy groups -OCH3 is 1. The molecule has 1 saturated carbocycles. The molecule has 4 N–H and O–H groups in total. The van der Waals surface area contributed by atoms with Crippen LogP contribution in [0.15, 0.2) is 24.4 Å². The van der Waals surface area contributed by atoms with Crippen LogP contribution < -0.4 is 15.8 Å². The fraction of sp³-hybridized carbons (Fsp3) is 0.375. The minimum Gasteiger partial charge on any atom is -0.495 e. The van der Waals surface area contributed by atoms with Gasteiger partial charge in [0.05, 0.1) is 24.6 Å². The number of nitrogen functional groups attached to an aromatic ring is 1. The van der Waals surface area contributed by atoms with E-state index in [1.165, 1.54) is 6.20 Å². The first-order valence-corrected chi connectivity index (χ1v) is 7.85.